The third-order valence-corrected chi connectivity index (χ3v) is 3.15. The minimum Gasteiger partial charge on any atom is -0.235 e. The molecule has 82 valence electrons. The van der Waals surface area contributed by atoms with Gasteiger partial charge in [0.25, 0.3) is 0 Å². The number of hydrogen-bond acceptors (Lipinski definition) is 1. The molecule has 1 aliphatic rings. The fraction of sp³-hybridized carbons (Fsp3) is 0.308. The van der Waals surface area contributed by atoms with E-state index in [0.29, 0.717) is 5.69 Å². The highest BCUT2D eigenvalue weighted by molar-refractivity contribution is 5.37. The summed E-state index contributed by atoms with van der Waals surface area (Å²) in [5, 5.41) is 4.31. The lowest BCUT2D eigenvalue weighted by atomic mass is 9.98. The summed E-state index contributed by atoms with van der Waals surface area (Å²) in [6.45, 7) is 0. The lowest BCUT2D eigenvalue weighted by Crippen LogP contribution is -2.08. The molecule has 0 atom stereocenters. The molecule has 1 aliphatic carbocycles. The molecular formula is C13H13FN2. The molecule has 0 amide bonds. The number of benzene rings is 1. The average molecular weight is 216 g/mol. The minimum absolute atomic E-state index is 0.209. The van der Waals surface area contributed by atoms with Gasteiger partial charge in [-0.2, -0.15) is 5.10 Å². The number of aryl methyl sites for hydroxylation is 1. The Kier molecular flexibility index (Phi) is 2.24. The summed E-state index contributed by atoms with van der Waals surface area (Å²) >= 11 is 0. The van der Waals surface area contributed by atoms with Crippen LogP contribution in [0.5, 0.6) is 0 Å². The van der Waals surface area contributed by atoms with Crippen LogP contribution in [0.4, 0.5) is 4.39 Å². The molecule has 0 fully saturated rings. The number of rotatable bonds is 1. The highest BCUT2D eigenvalue weighted by Gasteiger charge is 2.17. The normalized spacial score (nSPS) is 14.8. The molecule has 0 saturated heterocycles. The van der Waals surface area contributed by atoms with E-state index in [1.807, 2.05) is 12.3 Å². The third kappa shape index (κ3) is 1.43. The van der Waals surface area contributed by atoms with Crippen LogP contribution in [-0.4, -0.2) is 9.78 Å². The summed E-state index contributed by atoms with van der Waals surface area (Å²) in [6.07, 6.45) is 6.34. The molecule has 1 aromatic carbocycles. The summed E-state index contributed by atoms with van der Waals surface area (Å²) < 4.78 is 15.4. The van der Waals surface area contributed by atoms with Crippen molar-refractivity contribution in [3.8, 4) is 5.69 Å². The number of aromatic nitrogens is 2. The molecule has 0 unspecified atom stereocenters. The topological polar surface area (TPSA) is 17.8 Å². The van der Waals surface area contributed by atoms with Crippen molar-refractivity contribution in [2.75, 3.05) is 0 Å². The van der Waals surface area contributed by atoms with Crippen molar-refractivity contribution < 1.29 is 4.39 Å². The largest absolute Gasteiger partial charge is 0.235 e. The SMILES string of the molecule is Fc1ccccc1-n1ncc2c1CCCC2. The fourth-order valence-electron chi connectivity index (χ4n) is 2.32. The number of para-hydroxylation sites is 1. The highest BCUT2D eigenvalue weighted by atomic mass is 19.1. The maximum absolute atomic E-state index is 13.7. The number of fused-ring (bicyclic) bond motifs is 1. The Bertz CT molecular complexity index is 516. The summed E-state index contributed by atoms with van der Waals surface area (Å²) in [7, 11) is 0. The first-order valence-electron chi connectivity index (χ1n) is 5.67. The van der Waals surface area contributed by atoms with Crippen molar-refractivity contribution in [3.63, 3.8) is 0 Å². The number of halogens is 1. The van der Waals surface area contributed by atoms with Crippen LogP contribution in [0.3, 0.4) is 0 Å². The van der Waals surface area contributed by atoms with E-state index in [1.165, 1.54) is 30.2 Å². The summed E-state index contributed by atoms with van der Waals surface area (Å²) in [5.41, 5.74) is 3.01. The zero-order chi connectivity index (χ0) is 11.0. The Morgan fingerprint density at radius 2 is 1.94 bits per heavy atom. The van der Waals surface area contributed by atoms with Gasteiger partial charge in [-0.3, -0.25) is 0 Å². The predicted molar refractivity (Wildman–Crippen MR) is 60.2 cm³/mol. The second-order valence-electron chi connectivity index (χ2n) is 4.19. The van der Waals surface area contributed by atoms with E-state index in [9.17, 15) is 4.39 Å². The van der Waals surface area contributed by atoms with E-state index >= 15 is 0 Å². The molecule has 0 spiro atoms. The van der Waals surface area contributed by atoms with E-state index in [1.54, 1.807) is 16.8 Å². The van der Waals surface area contributed by atoms with Crippen molar-refractivity contribution in [2.24, 2.45) is 0 Å². The third-order valence-electron chi connectivity index (χ3n) is 3.15. The standard InChI is InChI=1S/C13H13FN2/c14-11-6-2-4-8-13(11)16-12-7-3-1-5-10(12)9-15-16/h2,4,6,8-9H,1,3,5,7H2. The molecule has 16 heavy (non-hydrogen) atoms. The van der Waals surface area contributed by atoms with Crippen molar-refractivity contribution >= 4 is 0 Å². The van der Waals surface area contributed by atoms with E-state index in [2.05, 4.69) is 5.10 Å². The van der Waals surface area contributed by atoms with Gasteiger partial charge in [0.05, 0.1) is 6.20 Å². The van der Waals surface area contributed by atoms with E-state index in [4.69, 9.17) is 0 Å². The van der Waals surface area contributed by atoms with Crippen LogP contribution in [0.2, 0.25) is 0 Å². The monoisotopic (exact) mass is 216 g/mol. The molecule has 1 aromatic heterocycles. The van der Waals surface area contributed by atoms with Crippen molar-refractivity contribution in [2.45, 2.75) is 25.7 Å². The van der Waals surface area contributed by atoms with Crippen LogP contribution in [-0.2, 0) is 12.8 Å². The first-order valence-corrected chi connectivity index (χ1v) is 5.67. The summed E-state index contributed by atoms with van der Waals surface area (Å²) in [6, 6.07) is 6.80. The van der Waals surface area contributed by atoms with E-state index < -0.39 is 0 Å². The molecular weight excluding hydrogens is 203 g/mol. The second kappa shape index (κ2) is 3.74. The smallest absolute Gasteiger partial charge is 0.148 e. The van der Waals surface area contributed by atoms with Gasteiger partial charge in [0.2, 0.25) is 0 Å². The molecule has 0 aliphatic heterocycles. The fourth-order valence-corrected chi connectivity index (χ4v) is 2.32. The molecule has 0 radical (unpaired) electrons. The summed E-state index contributed by atoms with van der Waals surface area (Å²) in [5.74, 6) is -0.209. The Morgan fingerprint density at radius 3 is 2.81 bits per heavy atom. The molecule has 2 nitrogen and oxygen atoms in total. The molecule has 2 aromatic rings. The zero-order valence-corrected chi connectivity index (χ0v) is 8.99. The summed E-state index contributed by atoms with van der Waals surface area (Å²) in [4.78, 5) is 0. The van der Waals surface area contributed by atoms with Gasteiger partial charge in [-0.1, -0.05) is 12.1 Å². The molecule has 0 bridgehead atoms. The van der Waals surface area contributed by atoms with Gasteiger partial charge in [0, 0.05) is 5.69 Å². The van der Waals surface area contributed by atoms with Crippen LogP contribution in [0.1, 0.15) is 24.1 Å². The first-order chi connectivity index (χ1) is 7.86. The Balaban J connectivity index is 2.13. The Labute approximate surface area is 93.7 Å². The molecule has 3 heteroatoms. The average Bonchev–Trinajstić information content (AvgIpc) is 2.74. The van der Waals surface area contributed by atoms with Gasteiger partial charge in [-0.05, 0) is 43.4 Å². The minimum atomic E-state index is -0.209. The quantitative estimate of drug-likeness (QED) is 0.716. The lowest BCUT2D eigenvalue weighted by molar-refractivity contribution is 0.597. The van der Waals surface area contributed by atoms with Crippen molar-refractivity contribution in [3.05, 3.63) is 47.5 Å². The van der Waals surface area contributed by atoms with Gasteiger partial charge >= 0.3 is 0 Å². The van der Waals surface area contributed by atoms with Gasteiger partial charge < -0.3 is 0 Å². The van der Waals surface area contributed by atoms with Crippen molar-refractivity contribution in [1.82, 2.24) is 9.78 Å². The molecule has 3 rings (SSSR count). The van der Waals surface area contributed by atoms with E-state index in [0.717, 1.165) is 12.8 Å². The lowest BCUT2D eigenvalue weighted by Gasteiger charge is -2.14. The molecule has 0 N–H and O–H groups in total. The van der Waals surface area contributed by atoms with E-state index in [-0.39, 0.29) is 5.82 Å². The van der Waals surface area contributed by atoms with Crippen LogP contribution >= 0.6 is 0 Å². The van der Waals surface area contributed by atoms with Gasteiger partial charge in [-0.15, -0.1) is 0 Å². The van der Waals surface area contributed by atoms with Crippen molar-refractivity contribution in [1.29, 1.82) is 0 Å². The Morgan fingerprint density at radius 1 is 1.12 bits per heavy atom. The maximum Gasteiger partial charge on any atom is 0.148 e. The van der Waals surface area contributed by atoms with Crippen LogP contribution in [0, 0.1) is 5.82 Å². The molecule has 1 heterocycles. The van der Waals surface area contributed by atoms with Crippen LogP contribution in [0.15, 0.2) is 30.5 Å². The maximum atomic E-state index is 13.7. The predicted octanol–water partition coefficient (Wildman–Crippen LogP) is 2.89. The van der Waals surface area contributed by atoms with Gasteiger partial charge in [0.1, 0.15) is 11.5 Å². The number of hydrogen-bond donors (Lipinski definition) is 0. The van der Waals surface area contributed by atoms with Crippen LogP contribution in [0.25, 0.3) is 5.69 Å². The Hall–Kier alpha value is -1.64. The molecule has 0 saturated carbocycles. The van der Waals surface area contributed by atoms with Gasteiger partial charge in [0.15, 0.2) is 0 Å². The zero-order valence-electron chi connectivity index (χ0n) is 8.99. The highest BCUT2D eigenvalue weighted by Crippen LogP contribution is 2.24. The van der Waals surface area contributed by atoms with Crippen LogP contribution < -0.4 is 0 Å². The first kappa shape index (κ1) is 9.58. The van der Waals surface area contributed by atoms with Gasteiger partial charge in [-0.25, -0.2) is 9.07 Å². The number of nitrogens with zero attached hydrogens (tertiary/aromatic N) is 2. The second-order valence-corrected chi connectivity index (χ2v) is 4.19.